The van der Waals surface area contributed by atoms with Crippen molar-refractivity contribution in [3.05, 3.63) is 35.0 Å². The monoisotopic (exact) mass is 263 g/mol. The zero-order valence-corrected chi connectivity index (χ0v) is 10.9. The van der Waals surface area contributed by atoms with Crippen LogP contribution in [0.15, 0.2) is 16.8 Å². The Balaban J connectivity index is 2.11. The van der Waals surface area contributed by atoms with Crippen LogP contribution in [0.4, 0.5) is 5.95 Å². The van der Waals surface area contributed by atoms with Crippen molar-refractivity contribution >= 4 is 23.2 Å². The molecular weight excluding hydrogens is 250 g/mol. The zero-order valence-electron chi connectivity index (χ0n) is 10.1. The van der Waals surface area contributed by atoms with Crippen molar-refractivity contribution in [3.8, 4) is 0 Å². The Morgan fingerprint density at radius 2 is 2.28 bits per heavy atom. The van der Waals surface area contributed by atoms with E-state index in [1.807, 2.05) is 13.8 Å². The predicted molar refractivity (Wildman–Crippen MR) is 71.2 cm³/mol. The molecule has 6 nitrogen and oxygen atoms in total. The van der Waals surface area contributed by atoms with Crippen molar-refractivity contribution in [2.24, 2.45) is 5.73 Å². The lowest BCUT2D eigenvalue weighted by atomic mass is 10.2. The third kappa shape index (κ3) is 2.62. The number of nitrogens with two attached hydrogens (primary N) is 1. The number of aromatic nitrogens is 3. The van der Waals surface area contributed by atoms with Crippen molar-refractivity contribution < 1.29 is 4.52 Å². The highest BCUT2D eigenvalue weighted by Crippen LogP contribution is 2.13. The van der Waals surface area contributed by atoms with Gasteiger partial charge >= 0.3 is 0 Å². The van der Waals surface area contributed by atoms with E-state index in [2.05, 4.69) is 20.4 Å². The molecule has 3 N–H and O–H groups in total. The molecule has 0 bridgehead atoms. The van der Waals surface area contributed by atoms with Gasteiger partial charge in [0.2, 0.25) is 5.95 Å². The average Bonchev–Trinajstić information content (AvgIpc) is 2.67. The molecule has 0 spiro atoms. The van der Waals surface area contributed by atoms with Gasteiger partial charge in [-0.05, 0) is 19.9 Å². The van der Waals surface area contributed by atoms with E-state index in [1.165, 1.54) is 0 Å². The SMILES string of the molecule is Cc1noc(C)c1CNc1nccc(C(N)=S)n1. The molecule has 0 aliphatic heterocycles. The molecule has 2 rings (SSSR count). The number of hydrogen-bond donors (Lipinski definition) is 2. The second-order valence-electron chi connectivity index (χ2n) is 3.79. The molecule has 7 heteroatoms. The first-order chi connectivity index (χ1) is 8.58. The number of thiocarbonyl (C=S) groups is 1. The summed E-state index contributed by atoms with van der Waals surface area (Å²) in [6.07, 6.45) is 1.61. The van der Waals surface area contributed by atoms with Crippen LogP contribution in [0.2, 0.25) is 0 Å². The summed E-state index contributed by atoms with van der Waals surface area (Å²) in [5.41, 5.74) is 7.90. The number of anilines is 1. The molecule has 2 aromatic rings. The zero-order chi connectivity index (χ0) is 13.1. The van der Waals surface area contributed by atoms with Gasteiger partial charge < -0.3 is 15.6 Å². The lowest BCUT2D eigenvalue weighted by molar-refractivity contribution is 0.392. The molecule has 94 valence electrons. The Kier molecular flexibility index (Phi) is 3.52. The van der Waals surface area contributed by atoms with E-state index in [0.29, 0.717) is 18.2 Å². The molecule has 0 unspecified atom stereocenters. The molecule has 0 saturated heterocycles. The van der Waals surface area contributed by atoms with Gasteiger partial charge in [0.15, 0.2) is 0 Å². The van der Waals surface area contributed by atoms with Crippen LogP contribution in [0.1, 0.15) is 22.7 Å². The van der Waals surface area contributed by atoms with Crippen LogP contribution in [0.25, 0.3) is 0 Å². The quantitative estimate of drug-likeness (QED) is 0.804. The third-order valence-electron chi connectivity index (χ3n) is 2.51. The number of hydrogen-bond acceptors (Lipinski definition) is 6. The second-order valence-corrected chi connectivity index (χ2v) is 4.23. The van der Waals surface area contributed by atoms with Crippen LogP contribution in [0.3, 0.4) is 0 Å². The number of aryl methyl sites for hydroxylation is 2. The van der Waals surface area contributed by atoms with E-state index in [0.717, 1.165) is 17.0 Å². The fraction of sp³-hybridized carbons (Fsp3) is 0.273. The molecule has 2 heterocycles. The van der Waals surface area contributed by atoms with Gasteiger partial charge in [-0.1, -0.05) is 17.4 Å². The van der Waals surface area contributed by atoms with E-state index in [9.17, 15) is 0 Å². The van der Waals surface area contributed by atoms with E-state index >= 15 is 0 Å². The molecule has 0 saturated carbocycles. The summed E-state index contributed by atoms with van der Waals surface area (Å²) in [6, 6.07) is 1.67. The standard InChI is InChI=1S/C11H13N5OS/c1-6-8(7(2)17-16-6)5-14-11-13-4-3-9(15-11)10(12)18/h3-4H,5H2,1-2H3,(H2,12,18)(H,13,14,15). The minimum absolute atomic E-state index is 0.248. The fourth-order valence-corrected chi connectivity index (χ4v) is 1.62. The summed E-state index contributed by atoms with van der Waals surface area (Å²) in [4.78, 5) is 8.53. The van der Waals surface area contributed by atoms with Crippen LogP contribution >= 0.6 is 12.2 Å². The summed E-state index contributed by atoms with van der Waals surface area (Å²) in [5, 5.41) is 6.96. The van der Waals surface area contributed by atoms with Gasteiger partial charge in [0.1, 0.15) is 16.4 Å². The van der Waals surface area contributed by atoms with E-state index in [4.69, 9.17) is 22.5 Å². The normalized spacial score (nSPS) is 10.3. The van der Waals surface area contributed by atoms with Gasteiger partial charge in [-0.3, -0.25) is 0 Å². The Hall–Kier alpha value is -2.02. The predicted octanol–water partition coefficient (Wildman–Crippen LogP) is 1.33. The maximum atomic E-state index is 5.51. The molecule has 0 fully saturated rings. The van der Waals surface area contributed by atoms with E-state index in [-0.39, 0.29) is 4.99 Å². The molecule has 0 atom stereocenters. The van der Waals surface area contributed by atoms with Crippen molar-refractivity contribution in [2.75, 3.05) is 5.32 Å². The van der Waals surface area contributed by atoms with Gasteiger partial charge in [0.25, 0.3) is 0 Å². The maximum Gasteiger partial charge on any atom is 0.223 e. The van der Waals surface area contributed by atoms with Crippen molar-refractivity contribution in [2.45, 2.75) is 20.4 Å². The molecule has 0 aliphatic carbocycles. The minimum Gasteiger partial charge on any atom is -0.388 e. The van der Waals surface area contributed by atoms with Gasteiger partial charge in [-0.2, -0.15) is 0 Å². The second kappa shape index (κ2) is 5.09. The number of rotatable bonds is 4. The van der Waals surface area contributed by atoms with Gasteiger partial charge in [-0.25, -0.2) is 9.97 Å². The van der Waals surface area contributed by atoms with Gasteiger partial charge in [-0.15, -0.1) is 0 Å². The maximum absolute atomic E-state index is 5.51. The first kappa shape index (κ1) is 12.4. The summed E-state index contributed by atoms with van der Waals surface area (Å²) in [5.74, 6) is 1.26. The highest BCUT2D eigenvalue weighted by atomic mass is 32.1. The summed E-state index contributed by atoms with van der Waals surface area (Å²) < 4.78 is 5.07. The Bertz CT molecular complexity index is 561. The molecule has 0 amide bonds. The summed E-state index contributed by atoms with van der Waals surface area (Å²) in [6.45, 7) is 4.30. The van der Waals surface area contributed by atoms with Gasteiger partial charge in [0.05, 0.1) is 5.69 Å². The largest absolute Gasteiger partial charge is 0.388 e. The minimum atomic E-state index is 0.248. The van der Waals surface area contributed by atoms with E-state index < -0.39 is 0 Å². The topological polar surface area (TPSA) is 89.9 Å². The number of nitrogens with zero attached hydrogens (tertiary/aromatic N) is 3. The first-order valence-electron chi connectivity index (χ1n) is 5.36. The van der Waals surface area contributed by atoms with E-state index in [1.54, 1.807) is 12.3 Å². The van der Waals surface area contributed by atoms with Crippen molar-refractivity contribution in [3.63, 3.8) is 0 Å². The molecule has 0 aliphatic rings. The van der Waals surface area contributed by atoms with Crippen LogP contribution in [-0.4, -0.2) is 20.1 Å². The Morgan fingerprint density at radius 1 is 1.50 bits per heavy atom. The molecule has 2 aromatic heterocycles. The van der Waals surface area contributed by atoms with Crippen LogP contribution in [-0.2, 0) is 6.54 Å². The summed E-state index contributed by atoms with van der Waals surface area (Å²) in [7, 11) is 0. The molecular formula is C11H13N5OS. The van der Waals surface area contributed by atoms with Crippen LogP contribution in [0, 0.1) is 13.8 Å². The van der Waals surface area contributed by atoms with Crippen molar-refractivity contribution in [1.29, 1.82) is 0 Å². The van der Waals surface area contributed by atoms with Gasteiger partial charge in [0, 0.05) is 18.3 Å². The average molecular weight is 263 g/mol. The van der Waals surface area contributed by atoms with Crippen molar-refractivity contribution in [1.82, 2.24) is 15.1 Å². The summed E-state index contributed by atoms with van der Waals surface area (Å²) >= 11 is 4.86. The Labute approximate surface area is 110 Å². The molecule has 0 aromatic carbocycles. The third-order valence-corrected chi connectivity index (χ3v) is 2.72. The Morgan fingerprint density at radius 3 is 2.89 bits per heavy atom. The fourth-order valence-electron chi connectivity index (χ4n) is 1.50. The highest BCUT2D eigenvalue weighted by Gasteiger charge is 2.09. The lowest BCUT2D eigenvalue weighted by Gasteiger charge is -2.05. The molecule has 18 heavy (non-hydrogen) atoms. The first-order valence-corrected chi connectivity index (χ1v) is 5.77. The van der Waals surface area contributed by atoms with Crippen LogP contribution in [0.5, 0.6) is 0 Å². The highest BCUT2D eigenvalue weighted by molar-refractivity contribution is 7.80. The smallest absolute Gasteiger partial charge is 0.223 e. The number of nitrogens with one attached hydrogen (secondary N) is 1. The lowest BCUT2D eigenvalue weighted by Crippen LogP contribution is -2.13. The molecule has 0 radical (unpaired) electrons. The van der Waals surface area contributed by atoms with Crippen LogP contribution < -0.4 is 11.1 Å².